The normalized spacial score (nSPS) is 11.2. The largest absolute Gasteiger partial charge is 0.325 e. The Hall–Kier alpha value is -3.82. The van der Waals surface area contributed by atoms with Crippen LogP contribution in [0, 0.1) is 44.9 Å². The summed E-state index contributed by atoms with van der Waals surface area (Å²) in [5, 5.41) is 27.7. The van der Waals surface area contributed by atoms with Gasteiger partial charge in [0, 0.05) is 25.0 Å². The molecule has 2 aromatic carbocycles. The van der Waals surface area contributed by atoms with Crippen LogP contribution in [0.3, 0.4) is 0 Å². The van der Waals surface area contributed by atoms with E-state index in [1.54, 1.807) is 19.1 Å². The second kappa shape index (κ2) is 14.0. The van der Waals surface area contributed by atoms with E-state index in [-0.39, 0.29) is 34.0 Å². The van der Waals surface area contributed by atoms with Crippen molar-refractivity contribution in [3.05, 3.63) is 66.7 Å². The average molecular weight is 557 g/mol. The summed E-state index contributed by atoms with van der Waals surface area (Å²) < 4.78 is 0. The van der Waals surface area contributed by atoms with Gasteiger partial charge in [-0.3, -0.25) is 29.8 Å². The fourth-order valence-electron chi connectivity index (χ4n) is 4.21. The van der Waals surface area contributed by atoms with Crippen molar-refractivity contribution in [3.63, 3.8) is 0 Å². The van der Waals surface area contributed by atoms with Gasteiger partial charge in [-0.05, 0) is 48.6 Å². The van der Waals surface area contributed by atoms with Gasteiger partial charge in [0.25, 0.3) is 11.4 Å². The molecule has 220 valence electrons. The first-order chi connectivity index (χ1) is 18.3. The fraction of sp³-hybridized carbons (Fsp3) is 0.533. The van der Waals surface area contributed by atoms with Crippen LogP contribution in [0.15, 0.2) is 24.3 Å². The van der Waals surface area contributed by atoms with E-state index in [4.69, 9.17) is 0 Å². The van der Waals surface area contributed by atoms with Crippen molar-refractivity contribution in [3.8, 4) is 0 Å². The zero-order valence-corrected chi connectivity index (χ0v) is 25.5. The number of nitro benzene ring substituents is 2. The number of nitro groups is 2. The molecule has 0 bridgehead atoms. The molecule has 2 N–H and O–H groups in total. The van der Waals surface area contributed by atoms with Crippen LogP contribution in [-0.4, -0.2) is 21.7 Å². The highest BCUT2D eigenvalue weighted by atomic mass is 16.6. The van der Waals surface area contributed by atoms with E-state index in [1.165, 1.54) is 12.1 Å². The van der Waals surface area contributed by atoms with Gasteiger partial charge in [0.05, 0.1) is 32.3 Å². The van der Waals surface area contributed by atoms with Crippen LogP contribution in [0.25, 0.3) is 0 Å². The number of hydrogen-bond donors (Lipinski definition) is 2. The number of nitrogens with one attached hydrogen (secondary N) is 2. The first-order valence-corrected chi connectivity index (χ1v) is 13.4. The first-order valence-electron chi connectivity index (χ1n) is 13.4. The van der Waals surface area contributed by atoms with Crippen molar-refractivity contribution in [2.24, 2.45) is 10.8 Å². The van der Waals surface area contributed by atoms with Gasteiger partial charge in [0.15, 0.2) is 0 Å². The smallest absolute Gasteiger partial charge is 0.274 e. The van der Waals surface area contributed by atoms with Crippen molar-refractivity contribution in [2.45, 2.75) is 94.9 Å². The molecule has 2 amide bonds. The summed E-state index contributed by atoms with van der Waals surface area (Å²) in [6.07, 6.45) is 1.96. The molecule has 0 aliphatic rings. The Balaban J connectivity index is 0.000000400. The average Bonchev–Trinajstić information content (AvgIpc) is 2.79. The molecule has 0 spiro atoms. The predicted octanol–water partition coefficient (Wildman–Crippen LogP) is 7.68. The highest BCUT2D eigenvalue weighted by Gasteiger charge is 2.23. The molecule has 0 atom stereocenters. The number of carbonyl (C=O) groups is 2. The molecule has 0 saturated carbocycles. The van der Waals surface area contributed by atoms with Gasteiger partial charge in [0.1, 0.15) is 0 Å². The van der Waals surface area contributed by atoms with Crippen LogP contribution in [0.1, 0.15) is 90.5 Å². The number of hydrogen-bond acceptors (Lipinski definition) is 6. The SMILES string of the molecule is CCc1c([N+](=O)[O-])ccc(C)c1NC(=O)CC(C)(C)C.CCc1ccc([N+](=O)[O-])c(C)c1NC(=O)CC(C)(C)C. The van der Waals surface area contributed by atoms with Gasteiger partial charge >= 0.3 is 0 Å². The van der Waals surface area contributed by atoms with Crippen LogP contribution in [0.4, 0.5) is 22.7 Å². The lowest BCUT2D eigenvalue weighted by Crippen LogP contribution is -2.21. The zero-order valence-electron chi connectivity index (χ0n) is 25.5. The Morgan fingerprint density at radius 1 is 0.725 bits per heavy atom. The summed E-state index contributed by atoms with van der Waals surface area (Å²) in [5.41, 5.74) is 3.86. The van der Waals surface area contributed by atoms with E-state index in [2.05, 4.69) is 10.6 Å². The van der Waals surface area contributed by atoms with Gasteiger partial charge < -0.3 is 10.6 Å². The third kappa shape index (κ3) is 10.4. The Morgan fingerprint density at radius 2 is 1.18 bits per heavy atom. The number of carbonyl (C=O) groups excluding carboxylic acids is 2. The molecule has 2 aromatic rings. The number of rotatable bonds is 8. The van der Waals surface area contributed by atoms with E-state index in [9.17, 15) is 29.8 Å². The highest BCUT2D eigenvalue weighted by Crippen LogP contribution is 2.32. The monoisotopic (exact) mass is 556 g/mol. The predicted molar refractivity (Wildman–Crippen MR) is 160 cm³/mol. The lowest BCUT2D eigenvalue weighted by molar-refractivity contribution is -0.385. The molecule has 0 heterocycles. The molecule has 0 aromatic heterocycles. The molecular weight excluding hydrogens is 512 g/mol. The van der Waals surface area contributed by atoms with Crippen LogP contribution >= 0.6 is 0 Å². The van der Waals surface area contributed by atoms with E-state index < -0.39 is 9.85 Å². The van der Waals surface area contributed by atoms with Gasteiger partial charge in [-0.25, -0.2) is 0 Å². The Labute approximate surface area is 237 Å². The van der Waals surface area contributed by atoms with E-state index >= 15 is 0 Å². The summed E-state index contributed by atoms with van der Waals surface area (Å²) in [7, 11) is 0. The first kappa shape index (κ1) is 34.2. The lowest BCUT2D eigenvalue weighted by Gasteiger charge is -2.19. The molecule has 40 heavy (non-hydrogen) atoms. The van der Waals surface area contributed by atoms with E-state index in [0.717, 1.165) is 11.1 Å². The van der Waals surface area contributed by atoms with Crippen molar-refractivity contribution < 1.29 is 19.4 Å². The molecule has 0 saturated heterocycles. The van der Waals surface area contributed by atoms with Gasteiger partial charge in [-0.1, -0.05) is 67.5 Å². The molecule has 2 rings (SSSR count). The maximum atomic E-state index is 12.0. The fourth-order valence-corrected chi connectivity index (χ4v) is 4.21. The van der Waals surface area contributed by atoms with E-state index in [1.807, 2.05) is 62.3 Å². The number of nitrogens with zero attached hydrogens (tertiary/aromatic N) is 2. The summed E-state index contributed by atoms with van der Waals surface area (Å²) in [4.78, 5) is 45.3. The Bertz CT molecular complexity index is 1230. The third-order valence-electron chi connectivity index (χ3n) is 6.06. The summed E-state index contributed by atoms with van der Waals surface area (Å²) in [5.74, 6) is -0.230. The maximum Gasteiger partial charge on any atom is 0.274 e. The number of benzene rings is 2. The van der Waals surface area contributed by atoms with Crippen LogP contribution in [-0.2, 0) is 22.4 Å². The van der Waals surface area contributed by atoms with Gasteiger partial charge in [-0.15, -0.1) is 0 Å². The van der Waals surface area contributed by atoms with Crippen molar-refractivity contribution in [1.82, 2.24) is 0 Å². The summed E-state index contributed by atoms with van der Waals surface area (Å²) >= 11 is 0. The number of aryl methyl sites for hydroxylation is 2. The zero-order chi connectivity index (χ0) is 31.0. The quantitative estimate of drug-likeness (QED) is 0.252. The van der Waals surface area contributed by atoms with Crippen molar-refractivity contribution >= 4 is 34.6 Å². The summed E-state index contributed by atoms with van der Waals surface area (Å²) in [6, 6.07) is 6.36. The minimum absolute atomic E-state index is 0.0354. The standard InChI is InChI=1S/2C15H22N2O3/c1-6-11-7-8-12(17(19)20)10(2)14(11)16-13(18)9-15(3,4)5;1-6-11-12(17(19)20)8-7-10(2)14(11)16-13(18)9-15(3,4)5/h2*7-8H,6,9H2,1-5H3,(H,16,18). The molecule has 0 aliphatic heterocycles. The van der Waals surface area contributed by atoms with Crippen LogP contribution in [0.5, 0.6) is 0 Å². The topological polar surface area (TPSA) is 144 Å². The lowest BCUT2D eigenvalue weighted by atomic mass is 9.91. The second-order valence-electron chi connectivity index (χ2n) is 12.3. The number of anilines is 2. The molecule has 0 radical (unpaired) electrons. The Kier molecular flexibility index (Phi) is 12.0. The molecular formula is C30H44N4O6. The minimum atomic E-state index is -0.422. The van der Waals surface area contributed by atoms with Gasteiger partial charge in [0.2, 0.25) is 11.8 Å². The molecule has 0 unspecified atom stereocenters. The van der Waals surface area contributed by atoms with Crippen molar-refractivity contribution in [1.29, 1.82) is 0 Å². The Morgan fingerprint density at radius 3 is 1.57 bits per heavy atom. The maximum absolute atomic E-state index is 12.0. The van der Waals surface area contributed by atoms with Crippen LogP contribution in [0.2, 0.25) is 0 Å². The summed E-state index contributed by atoms with van der Waals surface area (Å²) in [6.45, 7) is 19.2. The van der Waals surface area contributed by atoms with E-state index in [0.29, 0.717) is 48.2 Å². The highest BCUT2D eigenvalue weighted by molar-refractivity contribution is 5.94. The van der Waals surface area contributed by atoms with Crippen LogP contribution < -0.4 is 10.6 Å². The second-order valence-corrected chi connectivity index (χ2v) is 12.3. The van der Waals surface area contributed by atoms with Crippen molar-refractivity contribution in [2.75, 3.05) is 10.6 Å². The minimum Gasteiger partial charge on any atom is -0.325 e. The van der Waals surface area contributed by atoms with Gasteiger partial charge in [-0.2, -0.15) is 0 Å². The number of amides is 2. The third-order valence-corrected chi connectivity index (χ3v) is 6.06. The molecule has 0 aliphatic carbocycles. The molecule has 10 nitrogen and oxygen atoms in total. The molecule has 10 heteroatoms. The molecule has 0 fully saturated rings.